The monoisotopic (exact) mass is 180 g/mol. The van der Waals surface area contributed by atoms with E-state index in [-0.39, 0.29) is 5.88 Å². The summed E-state index contributed by atoms with van der Waals surface area (Å²) in [6, 6.07) is 0. The zero-order valence-electron chi connectivity index (χ0n) is 7.90. The Kier molecular flexibility index (Phi) is 3.58. The second-order valence-corrected chi connectivity index (χ2v) is 2.95. The van der Waals surface area contributed by atoms with E-state index in [2.05, 4.69) is 6.08 Å². The third kappa shape index (κ3) is 2.63. The quantitative estimate of drug-likeness (QED) is 0.397. The summed E-state index contributed by atoms with van der Waals surface area (Å²) >= 11 is 0. The Labute approximate surface area is 78.8 Å². The Hall–Kier alpha value is -1.22. The van der Waals surface area contributed by atoms with Gasteiger partial charge in [-0.2, -0.15) is 0 Å². The first kappa shape index (κ1) is 9.86. The van der Waals surface area contributed by atoms with Crippen LogP contribution in [0.25, 0.3) is 0 Å². The molecular weight excluding hydrogens is 164 g/mol. The highest BCUT2D eigenvalue weighted by Crippen LogP contribution is 2.14. The highest BCUT2D eigenvalue weighted by Gasteiger charge is 2.07. The lowest BCUT2D eigenvalue weighted by molar-refractivity contribution is 0.245. The molecule has 1 aliphatic carbocycles. The molecule has 0 aliphatic heterocycles. The summed E-state index contributed by atoms with van der Waals surface area (Å²) in [5, 5.41) is 10.8. The van der Waals surface area contributed by atoms with Crippen molar-refractivity contribution in [3.05, 3.63) is 35.9 Å². The molecule has 0 radical (unpaired) electrons. The third-order valence-electron chi connectivity index (χ3n) is 1.89. The van der Waals surface area contributed by atoms with E-state index in [1.165, 1.54) is 5.01 Å². The van der Waals surface area contributed by atoms with Gasteiger partial charge in [-0.15, -0.1) is 0 Å². The van der Waals surface area contributed by atoms with Crippen LogP contribution in [0.15, 0.2) is 35.9 Å². The van der Waals surface area contributed by atoms with Gasteiger partial charge in [0.15, 0.2) is 0 Å². The number of allylic oxidation sites excluding steroid dienone is 4. The number of hydrogen-bond donors (Lipinski definition) is 2. The zero-order valence-corrected chi connectivity index (χ0v) is 7.90. The van der Waals surface area contributed by atoms with Gasteiger partial charge < -0.3 is 5.11 Å². The summed E-state index contributed by atoms with van der Waals surface area (Å²) in [7, 11) is 0. The Morgan fingerprint density at radius 1 is 1.69 bits per heavy atom. The van der Waals surface area contributed by atoms with Crippen molar-refractivity contribution in [3.8, 4) is 0 Å². The number of rotatable bonds is 3. The van der Waals surface area contributed by atoms with E-state index in [0.717, 1.165) is 25.0 Å². The van der Waals surface area contributed by atoms with E-state index in [4.69, 9.17) is 5.84 Å². The highest BCUT2D eigenvalue weighted by molar-refractivity contribution is 5.23. The van der Waals surface area contributed by atoms with E-state index < -0.39 is 0 Å². The fraction of sp³-hybridized carbons (Fsp3) is 0.400. The smallest absolute Gasteiger partial charge is 0.201 e. The van der Waals surface area contributed by atoms with Gasteiger partial charge in [0.1, 0.15) is 0 Å². The Bertz CT molecular complexity index is 254. The lowest BCUT2D eigenvalue weighted by atomic mass is 10.1. The molecule has 72 valence electrons. The SMILES string of the molecule is CC/C=C(/O)N(N)C1=CCCC=C1. The van der Waals surface area contributed by atoms with Crippen LogP contribution in [-0.4, -0.2) is 10.1 Å². The van der Waals surface area contributed by atoms with E-state index in [1.54, 1.807) is 6.08 Å². The van der Waals surface area contributed by atoms with Gasteiger partial charge in [0.2, 0.25) is 5.88 Å². The number of hydrogen-bond acceptors (Lipinski definition) is 3. The second kappa shape index (κ2) is 4.72. The van der Waals surface area contributed by atoms with Crippen molar-refractivity contribution >= 4 is 0 Å². The normalized spacial score (nSPS) is 17.1. The van der Waals surface area contributed by atoms with Crippen LogP contribution in [-0.2, 0) is 0 Å². The molecule has 3 heteroatoms. The number of aliphatic hydroxyl groups excluding tert-OH is 1. The number of aliphatic hydroxyl groups is 1. The van der Waals surface area contributed by atoms with Crippen LogP contribution < -0.4 is 5.84 Å². The first-order valence-electron chi connectivity index (χ1n) is 4.56. The molecule has 0 fully saturated rings. The Morgan fingerprint density at radius 3 is 3.00 bits per heavy atom. The van der Waals surface area contributed by atoms with E-state index in [1.807, 2.05) is 19.1 Å². The van der Waals surface area contributed by atoms with Crippen molar-refractivity contribution in [1.29, 1.82) is 0 Å². The molecule has 0 aromatic heterocycles. The predicted octanol–water partition coefficient (Wildman–Crippen LogP) is 2.21. The van der Waals surface area contributed by atoms with Crippen LogP contribution in [0.2, 0.25) is 0 Å². The zero-order chi connectivity index (χ0) is 9.68. The molecule has 0 unspecified atom stereocenters. The lowest BCUT2D eigenvalue weighted by Crippen LogP contribution is -2.29. The molecule has 0 bridgehead atoms. The topological polar surface area (TPSA) is 49.5 Å². The van der Waals surface area contributed by atoms with Crippen LogP contribution >= 0.6 is 0 Å². The van der Waals surface area contributed by atoms with Gasteiger partial charge in [-0.05, 0) is 31.4 Å². The van der Waals surface area contributed by atoms with Gasteiger partial charge in [-0.3, -0.25) is 0 Å². The molecule has 0 spiro atoms. The van der Waals surface area contributed by atoms with Gasteiger partial charge in [-0.1, -0.05) is 19.1 Å². The lowest BCUT2D eigenvalue weighted by Gasteiger charge is -2.20. The highest BCUT2D eigenvalue weighted by atomic mass is 16.3. The average molecular weight is 180 g/mol. The van der Waals surface area contributed by atoms with Gasteiger partial charge in [0, 0.05) is 0 Å². The van der Waals surface area contributed by atoms with E-state index in [9.17, 15) is 5.11 Å². The summed E-state index contributed by atoms with van der Waals surface area (Å²) in [5.74, 6) is 5.78. The molecule has 0 saturated carbocycles. The summed E-state index contributed by atoms with van der Waals surface area (Å²) in [6.07, 6.45) is 10.5. The van der Waals surface area contributed by atoms with Crippen LogP contribution in [0.3, 0.4) is 0 Å². The minimum atomic E-state index is 0.111. The van der Waals surface area contributed by atoms with Crippen LogP contribution in [0, 0.1) is 0 Å². The molecular formula is C10H16N2O. The molecule has 13 heavy (non-hydrogen) atoms. The largest absolute Gasteiger partial charge is 0.494 e. The number of nitrogens with zero attached hydrogens (tertiary/aromatic N) is 1. The van der Waals surface area contributed by atoms with Crippen LogP contribution in [0.1, 0.15) is 26.2 Å². The van der Waals surface area contributed by atoms with Gasteiger partial charge >= 0.3 is 0 Å². The fourth-order valence-corrected chi connectivity index (χ4v) is 1.19. The number of hydrazine groups is 1. The maximum atomic E-state index is 9.46. The van der Waals surface area contributed by atoms with Crippen molar-refractivity contribution in [3.63, 3.8) is 0 Å². The van der Waals surface area contributed by atoms with Crippen molar-refractivity contribution < 1.29 is 5.11 Å². The van der Waals surface area contributed by atoms with Gasteiger partial charge in [0.05, 0.1) is 5.70 Å². The number of nitrogens with two attached hydrogens (primary N) is 1. The van der Waals surface area contributed by atoms with E-state index in [0.29, 0.717) is 0 Å². The van der Waals surface area contributed by atoms with Crippen molar-refractivity contribution in [1.82, 2.24) is 5.01 Å². The van der Waals surface area contributed by atoms with Crippen molar-refractivity contribution in [2.24, 2.45) is 5.84 Å². The van der Waals surface area contributed by atoms with Crippen LogP contribution in [0.4, 0.5) is 0 Å². The molecule has 1 aliphatic rings. The summed E-state index contributed by atoms with van der Waals surface area (Å²) < 4.78 is 0. The Balaban J connectivity index is 2.66. The van der Waals surface area contributed by atoms with Crippen molar-refractivity contribution in [2.75, 3.05) is 0 Å². The second-order valence-electron chi connectivity index (χ2n) is 2.95. The first-order chi connectivity index (χ1) is 6.25. The maximum Gasteiger partial charge on any atom is 0.201 e. The summed E-state index contributed by atoms with van der Waals surface area (Å²) in [6.45, 7) is 1.95. The third-order valence-corrected chi connectivity index (χ3v) is 1.89. The van der Waals surface area contributed by atoms with E-state index >= 15 is 0 Å². The summed E-state index contributed by atoms with van der Waals surface area (Å²) in [4.78, 5) is 0. The fourth-order valence-electron chi connectivity index (χ4n) is 1.19. The van der Waals surface area contributed by atoms with Crippen LogP contribution in [0.5, 0.6) is 0 Å². The first-order valence-corrected chi connectivity index (χ1v) is 4.56. The minimum Gasteiger partial charge on any atom is -0.494 e. The molecule has 0 atom stereocenters. The van der Waals surface area contributed by atoms with Gasteiger partial charge in [-0.25, -0.2) is 10.9 Å². The minimum absolute atomic E-state index is 0.111. The molecule has 1 rings (SSSR count). The molecule has 0 amide bonds. The average Bonchev–Trinajstić information content (AvgIpc) is 2.18. The molecule has 3 N–H and O–H groups in total. The maximum absolute atomic E-state index is 9.46. The van der Waals surface area contributed by atoms with Gasteiger partial charge in [0.25, 0.3) is 0 Å². The Morgan fingerprint density at radius 2 is 2.46 bits per heavy atom. The molecule has 0 aromatic carbocycles. The van der Waals surface area contributed by atoms with Crippen molar-refractivity contribution in [2.45, 2.75) is 26.2 Å². The molecule has 0 aromatic rings. The summed E-state index contributed by atoms with van der Waals surface area (Å²) in [5.41, 5.74) is 0.855. The predicted molar refractivity (Wildman–Crippen MR) is 53.5 cm³/mol. The molecule has 0 saturated heterocycles. The molecule has 0 heterocycles. The molecule has 3 nitrogen and oxygen atoms in total. The standard InChI is InChI=1S/C10H16N2O/c1-2-6-10(13)12(11)9-7-4-3-5-8-9/h4,6-8,13H,2-3,5,11H2,1H3/b10-6+.